The van der Waals surface area contributed by atoms with Crippen LogP contribution in [-0.2, 0) is 32.2 Å². The van der Waals surface area contributed by atoms with Gasteiger partial charge >= 0.3 is 0 Å². The van der Waals surface area contributed by atoms with Crippen LogP contribution in [-0.4, -0.2) is 120 Å². The lowest BCUT2D eigenvalue weighted by molar-refractivity contribution is -0.287. The van der Waals surface area contributed by atoms with Crippen molar-refractivity contribution in [3.05, 3.63) is 47.0 Å². The predicted octanol–water partition coefficient (Wildman–Crippen LogP) is -3.72. The molecule has 0 amide bonds. The number of rotatable bonds is 13. The summed E-state index contributed by atoms with van der Waals surface area (Å²) in [5, 5.41) is 51.2. The molecule has 21 nitrogen and oxygen atoms in total. The zero-order chi connectivity index (χ0) is 34.1. The Bertz CT molecular complexity index is 1680. The minimum atomic E-state index is -5.62. The largest absolute Gasteiger partial charge is 0.778 e. The summed E-state index contributed by atoms with van der Waals surface area (Å²) in [5.74, 6) is -0.00981. The molecule has 2 saturated heterocycles. The number of phosphoric ester groups is 1. The second-order valence-electron chi connectivity index (χ2n) is 10.5. The number of imidazole rings is 1. The van der Waals surface area contributed by atoms with E-state index in [4.69, 9.17) is 24.7 Å². The van der Waals surface area contributed by atoms with Crippen molar-refractivity contribution in [2.24, 2.45) is 0 Å². The number of nitrogens with zero attached hydrogens (tertiary/aromatic N) is 3. The smallest absolute Gasteiger partial charge is 0.280 e. The van der Waals surface area contributed by atoms with Crippen LogP contribution in [0, 0.1) is 0 Å². The first-order valence-corrected chi connectivity index (χ1v) is 17.0. The average Bonchev–Trinajstić information content (AvgIpc) is 3.55. The van der Waals surface area contributed by atoms with E-state index in [0.717, 1.165) is 10.9 Å². The summed E-state index contributed by atoms with van der Waals surface area (Å²) >= 11 is 0. The van der Waals surface area contributed by atoms with Crippen molar-refractivity contribution < 1.29 is 72.2 Å². The second kappa shape index (κ2) is 14.3. The molecule has 11 atom stereocenters. The van der Waals surface area contributed by atoms with Gasteiger partial charge < -0.3 is 69.1 Å². The van der Waals surface area contributed by atoms with E-state index in [2.05, 4.69) is 23.8 Å². The van der Waals surface area contributed by atoms with Crippen LogP contribution >= 0.6 is 15.4 Å². The van der Waals surface area contributed by atoms with Crippen molar-refractivity contribution in [1.29, 1.82) is 0 Å². The SMILES string of the molecule is Nc1nc2c(ncn2[C@@H]2O[C@H](COP(=O)([O-])OP(=O)([O-])CCOC3C(O)[C@@H](O)C(CO)O[C@H]3Oc3ccccc3)C(O)C2O)c(=O)[nH]1. The fourth-order valence-corrected chi connectivity index (χ4v) is 7.26. The summed E-state index contributed by atoms with van der Waals surface area (Å²) in [5.41, 5.74) is 4.60. The molecule has 2 aliphatic rings. The Kier molecular flexibility index (Phi) is 10.8. The van der Waals surface area contributed by atoms with Crippen LogP contribution in [0.25, 0.3) is 11.2 Å². The van der Waals surface area contributed by atoms with Crippen LogP contribution in [0.2, 0.25) is 0 Å². The number of aliphatic hydroxyl groups excluding tert-OH is 5. The van der Waals surface area contributed by atoms with Gasteiger partial charge in [0.2, 0.25) is 12.2 Å². The van der Waals surface area contributed by atoms with Crippen LogP contribution in [0.3, 0.4) is 0 Å². The summed E-state index contributed by atoms with van der Waals surface area (Å²) in [7, 11) is -10.9. The van der Waals surface area contributed by atoms with E-state index in [0.29, 0.717) is 0 Å². The number of ether oxygens (including phenoxy) is 4. The Morgan fingerprint density at radius 1 is 1.02 bits per heavy atom. The van der Waals surface area contributed by atoms with E-state index in [-0.39, 0.29) is 22.9 Å². The van der Waals surface area contributed by atoms with Gasteiger partial charge in [-0.25, -0.2) is 4.98 Å². The summed E-state index contributed by atoms with van der Waals surface area (Å²) < 4.78 is 56.8. The lowest BCUT2D eigenvalue weighted by Gasteiger charge is -2.42. The van der Waals surface area contributed by atoms with Crippen molar-refractivity contribution in [2.45, 2.75) is 55.2 Å². The zero-order valence-corrected chi connectivity index (χ0v) is 25.8. The van der Waals surface area contributed by atoms with Crippen LogP contribution in [0.4, 0.5) is 5.95 Å². The third kappa shape index (κ3) is 8.07. The van der Waals surface area contributed by atoms with Crippen LogP contribution in [0.15, 0.2) is 41.5 Å². The molecule has 2 fully saturated rings. The van der Waals surface area contributed by atoms with E-state index in [1.165, 1.54) is 0 Å². The van der Waals surface area contributed by atoms with Gasteiger partial charge in [0.05, 0.1) is 26.1 Å². The van der Waals surface area contributed by atoms with Crippen molar-refractivity contribution >= 4 is 32.5 Å². The molecule has 4 heterocycles. The number of hydrogen-bond acceptors (Lipinski definition) is 19. The molecule has 260 valence electrons. The number of aromatic nitrogens is 4. The molecule has 47 heavy (non-hydrogen) atoms. The molecule has 0 saturated carbocycles. The second-order valence-corrected chi connectivity index (χ2v) is 13.9. The molecule has 1 aromatic carbocycles. The number of nitrogens with one attached hydrogen (secondary N) is 1. The summed E-state index contributed by atoms with van der Waals surface area (Å²) in [6.45, 7) is -2.45. The Morgan fingerprint density at radius 2 is 1.72 bits per heavy atom. The van der Waals surface area contributed by atoms with Crippen LogP contribution in [0.1, 0.15) is 6.23 Å². The van der Waals surface area contributed by atoms with Gasteiger partial charge in [0.1, 0.15) is 56.1 Å². The van der Waals surface area contributed by atoms with Gasteiger partial charge in [-0.05, 0) is 12.1 Å². The number of phosphoric acid groups is 1. The molecule has 3 aromatic rings. The lowest BCUT2D eigenvalue weighted by atomic mass is 9.99. The minimum absolute atomic E-state index is 0.107. The highest BCUT2D eigenvalue weighted by molar-refractivity contribution is 7.62. The maximum atomic E-state index is 12.5. The molecule has 7 unspecified atom stereocenters. The van der Waals surface area contributed by atoms with E-state index >= 15 is 0 Å². The number of H-pyrrole nitrogens is 1. The molecule has 23 heteroatoms. The average molecular weight is 707 g/mol. The van der Waals surface area contributed by atoms with Crippen molar-refractivity contribution in [2.75, 3.05) is 31.7 Å². The van der Waals surface area contributed by atoms with Gasteiger partial charge in [0.25, 0.3) is 13.4 Å². The third-order valence-corrected chi connectivity index (χ3v) is 10.2. The third-order valence-electron chi connectivity index (χ3n) is 7.18. The molecular formula is C24H31N5O16P2-2. The molecule has 2 aromatic heterocycles. The van der Waals surface area contributed by atoms with Crippen LogP contribution in [0.5, 0.6) is 5.75 Å². The normalized spacial score (nSPS) is 32.2. The molecule has 0 spiro atoms. The first-order valence-electron chi connectivity index (χ1n) is 13.9. The van der Waals surface area contributed by atoms with Gasteiger partial charge in [-0.1, -0.05) is 18.2 Å². The molecule has 5 rings (SSSR count). The zero-order valence-electron chi connectivity index (χ0n) is 24.0. The first kappa shape index (κ1) is 35.5. The van der Waals surface area contributed by atoms with E-state index in [1.54, 1.807) is 30.3 Å². The lowest BCUT2D eigenvalue weighted by Crippen LogP contribution is -2.61. The van der Waals surface area contributed by atoms with Crippen molar-refractivity contribution in [3.8, 4) is 5.75 Å². The number of benzene rings is 1. The number of fused-ring (bicyclic) bond motifs is 1. The maximum Gasteiger partial charge on any atom is 0.280 e. The number of hydrogen-bond donors (Lipinski definition) is 7. The standard InChI is InChI=1S/C24H33N5O16P2/c25-24-27-20-14(21(35)28-24)26-10-29(20)22-18(34)16(32)13(43-22)9-41-47(38,39)45-46(36,37)7-6-40-19-17(33)15(31)12(8-30)44-23(19)42-11-4-2-1-3-5-11/h1-5,10,12-13,15-19,22-23,30-34H,6-9H2,(H,36,37)(H,38,39)(H3,25,27,28,35)/p-2/t12?,13-,15+,16?,17?,18?,19?,22-,23-/m1/s1. The number of anilines is 1. The van der Waals surface area contributed by atoms with Gasteiger partial charge in [-0.3, -0.25) is 23.2 Å². The highest BCUT2D eigenvalue weighted by atomic mass is 31.3. The van der Waals surface area contributed by atoms with Gasteiger partial charge in [-0.2, -0.15) is 4.98 Å². The Hall–Kier alpha value is -2.85. The predicted molar refractivity (Wildman–Crippen MR) is 150 cm³/mol. The molecule has 0 bridgehead atoms. The molecule has 8 N–H and O–H groups in total. The van der Waals surface area contributed by atoms with E-state index < -0.39 is 102 Å². The molecular weight excluding hydrogens is 676 g/mol. The number of aliphatic hydroxyl groups is 5. The van der Waals surface area contributed by atoms with Gasteiger partial charge in [-0.15, -0.1) is 0 Å². The number of nitrogen functional groups attached to an aromatic ring is 1. The summed E-state index contributed by atoms with van der Waals surface area (Å²) in [6.07, 6.45) is -13.9. The summed E-state index contributed by atoms with van der Waals surface area (Å²) in [4.78, 5) is 46.9. The monoisotopic (exact) mass is 707 g/mol. The topological polar surface area (TPSA) is 326 Å². The highest BCUT2D eigenvalue weighted by Crippen LogP contribution is 2.55. The van der Waals surface area contributed by atoms with Crippen molar-refractivity contribution in [1.82, 2.24) is 19.5 Å². The first-order chi connectivity index (χ1) is 22.2. The van der Waals surface area contributed by atoms with E-state index in [1.807, 2.05) is 0 Å². The molecule has 2 aliphatic heterocycles. The van der Waals surface area contributed by atoms with Crippen LogP contribution < -0.4 is 25.8 Å². The van der Waals surface area contributed by atoms with E-state index in [9.17, 15) is 49.2 Å². The maximum absolute atomic E-state index is 12.5. The van der Waals surface area contributed by atoms with Crippen molar-refractivity contribution in [3.63, 3.8) is 0 Å². The Labute approximate surface area is 264 Å². The number of nitrogens with two attached hydrogens (primary N) is 1. The van der Waals surface area contributed by atoms with Gasteiger partial charge in [0.15, 0.2) is 17.4 Å². The fourth-order valence-electron chi connectivity index (χ4n) is 4.87. The summed E-state index contributed by atoms with van der Waals surface area (Å²) in [6, 6.07) is 8.06. The number of aromatic amines is 1. The van der Waals surface area contributed by atoms with Gasteiger partial charge in [0, 0.05) is 6.16 Å². The minimum Gasteiger partial charge on any atom is -0.778 e. The Morgan fingerprint density at radius 3 is 2.43 bits per heavy atom. The highest BCUT2D eigenvalue weighted by Gasteiger charge is 2.47. The molecule has 0 aliphatic carbocycles. The number of para-hydroxylation sites is 1. The molecule has 0 radical (unpaired) electrons. The Balaban J connectivity index is 1.16. The fraction of sp³-hybridized carbons (Fsp3) is 0.542. The quantitative estimate of drug-likeness (QED) is 0.0840.